The molecule has 43 heavy (non-hydrogen) atoms. The molecular formula is C26H27F4N5O8. The first-order valence-electron chi connectivity index (χ1n) is 13.0. The Morgan fingerprint density at radius 3 is 2.40 bits per heavy atom. The van der Waals surface area contributed by atoms with Gasteiger partial charge in [0.2, 0.25) is 23.6 Å². The predicted molar refractivity (Wildman–Crippen MR) is 134 cm³/mol. The molecule has 2 fully saturated rings. The fraction of sp³-hybridized carbons (Fsp3) is 0.462. The molecule has 0 aromatic carbocycles. The summed E-state index contributed by atoms with van der Waals surface area (Å²) in [4.78, 5) is 59.0. The largest absolute Gasteiger partial charge is 0.505 e. The summed E-state index contributed by atoms with van der Waals surface area (Å²) in [6.07, 6.45) is -3.26. The number of aromatic hydroxyl groups is 1. The zero-order chi connectivity index (χ0) is 31.6. The van der Waals surface area contributed by atoms with Crippen LogP contribution in [0.1, 0.15) is 29.9 Å². The molecule has 2 saturated heterocycles. The monoisotopic (exact) mass is 613 g/mol. The smallest absolute Gasteiger partial charge is 0.329 e. The molecule has 0 radical (unpaired) electrons. The van der Waals surface area contributed by atoms with Gasteiger partial charge < -0.3 is 35.6 Å². The lowest BCUT2D eigenvalue weighted by Gasteiger charge is -2.37. The van der Waals surface area contributed by atoms with Crippen molar-refractivity contribution in [2.45, 2.75) is 50.6 Å². The van der Waals surface area contributed by atoms with E-state index < -0.39 is 113 Å². The highest BCUT2D eigenvalue weighted by molar-refractivity contribution is 5.98. The fourth-order valence-corrected chi connectivity index (χ4v) is 4.55. The van der Waals surface area contributed by atoms with Crippen molar-refractivity contribution < 1.29 is 56.4 Å². The summed E-state index contributed by atoms with van der Waals surface area (Å²) in [7, 11) is 0. The van der Waals surface area contributed by atoms with Gasteiger partial charge in [-0.15, -0.1) is 0 Å². The van der Waals surface area contributed by atoms with Crippen LogP contribution < -0.4 is 16.0 Å². The number of pyridine rings is 2. The van der Waals surface area contributed by atoms with Crippen LogP contribution in [0.2, 0.25) is 0 Å². The van der Waals surface area contributed by atoms with Crippen molar-refractivity contribution in [2.75, 3.05) is 13.2 Å². The molecule has 13 nitrogen and oxygen atoms in total. The number of esters is 1. The standard InChI is InChI=1S/C26H27F4N5O8/c1-9-20(37)13(6-12-15(27)16(28)22(30)35-21(12)29)32-24(39)17(33-25(40)19-14(36)4-3-5-31-19)10(2)43-26(41)18(34-23(9)38)11-7-42-8-11/h3-5,9-11,13,17-18,20,36-37H,6-8H2,1-2H3,(H,32,39)(H,33,40)(H,34,38). The molecule has 2 aliphatic rings. The van der Waals surface area contributed by atoms with Crippen LogP contribution in [0.25, 0.3) is 0 Å². The molecule has 2 aromatic heterocycles. The number of aliphatic hydroxyl groups is 1. The van der Waals surface area contributed by atoms with Crippen molar-refractivity contribution >= 4 is 23.7 Å². The second kappa shape index (κ2) is 12.9. The van der Waals surface area contributed by atoms with Gasteiger partial charge in [0.15, 0.2) is 11.5 Å². The fourth-order valence-electron chi connectivity index (χ4n) is 4.55. The van der Waals surface area contributed by atoms with E-state index in [0.717, 1.165) is 6.07 Å². The summed E-state index contributed by atoms with van der Waals surface area (Å²) in [5.74, 6) is -14.6. The number of hydrogen-bond acceptors (Lipinski definition) is 10. The van der Waals surface area contributed by atoms with E-state index in [-0.39, 0.29) is 13.2 Å². The first-order chi connectivity index (χ1) is 20.3. The van der Waals surface area contributed by atoms with E-state index in [1.54, 1.807) is 0 Å². The summed E-state index contributed by atoms with van der Waals surface area (Å²) < 4.78 is 66.9. The average molecular weight is 614 g/mol. The van der Waals surface area contributed by atoms with Crippen LogP contribution in [0, 0.1) is 35.4 Å². The van der Waals surface area contributed by atoms with Crippen LogP contribution >= 0.6 is 0 Å². The Morgan fingerprint density at radius 1 is 1.07 bits per heavy atom. The number of aliphatic hydroxyl groups excluding tert-OH is 1. The molecule has 4 rings (SSSR count). The molecule has 0 bridgehead atoms. The third kappa shape index (κ3) is 6.67. The van der Waals surface area contributed by atoms with E-state index in [0.29, 0.717) is 0 Å². The number of rotatable bonds is 5. The summed E-state index contributed by atoms with van der Waals surface area (Å²) in [5.41, 5.74) is -1.65. The Morgan fingerprint density at radius 2 is 1.77 bits per heavy atom. The molecule has 0 aliphatic carbocycles. The van der Waals surface area contributed by atoms with Crippen molar-refractivity contribution in [3.8, 4) is 5.75 Å². The normalized spacial score (nSPS) is 27.1. The van der Waals surface area contributed by atoms with Crippen LogP contribution in [0.3, 0.4) is 0 Å². The predicted octanol–water partition coefficient (Wildman–Crippen LogP) is -0.362. The summed E-state index contributed by atoms with van der Waals surface area (Å²) in [5, 5.41) is 28.1. The number of cyclic esters (lactones) is 1. The van der Waals surface area contributed by atoms with Gasteiger partial charge >= 0.3 is 5.97 Å². The Balaban J connectivity index is 1.73. The van der Waals surface area contributed by atoms with Crippen molar-refractivity contribution in [3.63, 3.8) is 0 Å². The number of ether oxygens (including phenoxy) is 2. The molecule has 232 valence electrons. The van der Waals surface area contributed by atoms with Crippen LogP contribution in [0.15, 0.2) is 18.3 Å². The van der Waals surface area contributed by atoms with Crippen LogP contribution in [-0.4, -0.2) is 87.4 Å². The number of halogens is 4. The van der Waals surface area contributed by atoms with Crippen molar-refractivity contribution in [2.24, 2.45) is 11.8 Å². The molecular weight excluding hydrogens is 586 g/mol. The van der Waals surface area contributed by atoms with E-state index in [1.165, 1.54) is 26.1 Å². The number of carbonyl (C=O) groups excluding carboxylic acids is 4. The summed E-state index contributed by atoms with van der Waals surface area (Å²) in [6.45, 7) is 2.53. The lowest BCUT2D eigenvalue weighted by molar-refractivity contribution is -0.163. The van der Waals surface area contributed by atoms with Gasteiger partial charge in [0.05, 0.1) is 31.3 Å². The SMILES string of the molecule is CC1OC(=O)C(C2COC2)NC(=O)C(C)C(O)C(Cc2c(F)nc(F)c(F)c2F)NC(=O)C1NC(=O)c1ncccc1O. The van der Waals surface area contributed by atoms with Crippen LogP contribution in [0.4, 0.5) is 17.6 Å². The maximum Gasteiger partial charge on any atom is 0.329 e. The molecule has 3 amide bonds. The van der Waals surface area contributed by atoms with Gasteiger partial charge in [-0.2, -0.15) is 18.2 Å². The first-order valence-corrected chi connectivity index (χ1v) is 13.0. The lowest BCUT2D eigenvalue weighted by Crippen LogP contribution is -2.62. The molecule has 4 heterocycles. The number of nitrogens with zero attached hydrogens (tertiary/aromatic N) is 2. The average Bonchev–Trinajstić information content (AvgIpc) is 2.93. The number of carbonyl (C=O) groups is 4. The topological polar surface area (TPSA) is 189 Å². The quantitative estimate of drug-likeness (QED) is 0.169. The number of nitrogens with one attached hydrogen (secondary N) is 3. The van der Waals surface area contributed by atoms with Gasteiger partial charge in [0.1, 0.15) is 23.9 Å². The van der Waals surface area contributed by atoms with E-state index in [1.807, 2.05) is 0 Å². The molecule has 0 spiro atoms. The van der Waals surface area contributed by atoms with Crippen LogP contribution in [-0.2, 0) is 30.3 Å². The third-order valence-electron chi connectivity index (χ3n) is 7.20. The Bertz CT molecular complexity index is 1430. The first kappa shape index (κ1) is 31.6. The van der Waals surface area contributed by atoms with Gasteiger partial charge in [-0.05, 0) is 19.1 Å². The van der Waals surface area contributed by atoms with Gasteiger partial charge in [0.25, 0.3) is 11.9 Å². The molecule has 17 heteroatoms. The van der Waals surface area contributed by atoms with Crippen LogP contribution in [0.5, 0.6) is 5.75 Å². The number of aromatic nitrogens is 2. The van der Waals surface area contributed by atoms with Gasteiger partial charge in [0, 0.05) is 24.1 Å². The minimum atomic E-state index is -2.11. The molecule has 2 aliphatic heterocycles. The van der Waals surface area contributed by atoms with E-state index >= 15 is 0 Å². The highest BCUT2D eigenvalue weighted by Gasteiger charge is 2.43. The number of hydrogen-bond donors (Lipinski definition) is 5. The molecule has 6 unspecified atom stereocenters. The molecule has 6 atom stereocenters. The highest BCUT2D eigenvalue weighted by atomic mass is 19.2. The Labute approximate surface area is 241 Å². The minimum absolute atomic E-state index is 0.0648. The Kier molecular flexibility index (Phi) is 9.44. The lowest BCUT2D eigenvalue weighted by atomic mass is 9.90. The van der Waals surface area contributed by atoms with E-state index in [2.05, 4.69) is 25.9 Å². The summed E-state index contributed by atoms with van der Waals surface area (Å²) >= 11 is 0. The second-order valence-corrected chi connectivity index (χ2v) is 10.1. The molecule has 0 saturated carbocycles. The maximum atomic E-state index is 14.6. The maximum absolute atomic E-state index is 14.6. The second-order valence-electron chi connectivity index (χ2n) is 10.1. The van der Waals surface area contributed by atoms with Crippen molar-refractivity contribution in [1.29, 1.82) is 0 Å². The zero-order valence-electron chi connectivity index (χ0n) is 22.6. The number of amides is 3. The van der Waals surface area contributed by atoms with Gasteiger partial charge in [-0.25, -0.2) is 14.2 Å². The van der Waals surface area contributed by atoms with Crippen molar-refractivity contribution in [3.05, 3.63) is 53.1 Å². The molecule has 2 aromatic rings. The summed E-state index contributed by atoms with van der Waals surface area (Å²) in [6, 6.07) is -2.36. The Hall–Kier alpha value is -4.38. The van der Waals surface area contributed by atoms with E-state index in [4.69, 9.17) is 9.47 Å². The van der Waals surface area contributed by atoms with Gasteiger partial charge in [-0.1, -0.05) is 6.92 Å². The minimum Gasteiger partial charge on any atom is -0.505 e. The highest BCUT2D eigenvalue weighted by Crippen LogP contribution is 2.23. The molecule has 5 N–H and O–H groups in total. The van der Waals surface area contributed by atoms with Gasteiger partial charge in [-0.3, -0.25) is 14.4 Å². The van der Waals surface area contributed by atoms with E-state index in [9.17, 15) is 47.0 Å². The zero-order valence-corrected chi connectivity index (χ0v) is 22.6. The third-order valence-corrected chi connectivity index (χ3v) is 7.20. The van der Waals surface area contributed by atoms with Crippen molar-refractivity contribution in [1.82, 2.24) is 25.9 Å².